The van der Waals surface area contributed by atoms with Gasteiger partial charge in [0.15, 0.2) is 0 Å². The molecule has 1 unspecified atom stereocenters. The van der Waals surface area contributed by atoms with Crippen LogP contribution in [0.4, 0.5) is 0 Å². The summed E-state index contributed by atoms with van der Waals surface area (Å²) in [4.78, 5) is 42.6. The van der Waals surface area contributed by atoms with Crippen LogP contribution in [-0.2, 0) is 30.7 Å². The summed E-state index contributed by atoms with van der Waals surface area (Å²) in [6.07, 6.45) is 5.28. The van der Waals surface area contributed by atoms with Gasteiger partial charge in [0.25, 0.3) is 11.5 Å². The van der Waals surface area contributed by atoms with Crippen LogP contribution >= 0.6 is 0 Å². The van der Waals surface area contributed by atoms with E-state index in [-0.39, 0.29) is 35.6 Å². The first-order chi connectivity index (χ1) is 15.5. The number of rotatable bonds is 6. The van der Waals surface area contributed by atoms with Crippen molar-refractivity contribution < 1.29 is 14.7 Å². The number of carbonyl (C=O) groups is 2. The van der Waals surface area contributed by atoms with Gasteiger partial charge >= 0.3 is 0 Å². The molecule has 1 N–H and O–H groups in total. The maximum Gasteiger partial charge on any atom is 0.263 e. The van der Waals surface area contributed by atoms with Crippen molar-refractivity contribution in [3.8, 4) is 0 Å². The minimum atomic E-state index is -0.254. The molecule has 3 heterocycles. The number of aromatic nitrogens is 1. The quantitative estimate of drug-likeness (QED) is 0.749. The Morgan fingerprint density at radius 2 is 1.94 bits per heavy atom. The van der Waals surface area contributed by atoms with E-state index >= 15 is 0 Å². The number of likely N-dealkylation sites (tertiary alicyclic amines) is 1. The normalized spacial score (nSPS) is 18.0. The largest absolute Gasteiger partial charge is 0.396 e. The SMILES string of the molecule is CC(=O)N1CCc2c(cn(CCc3ccccc3)c(=O)c2C(=O)N2CCCC2CCO)C1. The molecule has 0 radical (unpaired) electrons. The second-order valence-corrected chi connectivity index (χ2v) is 8.74. The average molecular weight is 438 g/mol. The Balaban J connectivity index is 1.72. The summed E-state index contributed by atoms with van der Waals surface area (Å²) in [5.74, 6) is -0.236. The number of carbonyl (C=O) groups excluding carboxylic acids is 2. The van der Waals surface area contributed by atoms with Gasteiger partial charge in [0.1, 0.15) is 5.56 Å². The fraction of sp³-hybridized carbons (Fsp3) is 0.480. The molecule has 1 atom stereocenters. The lowest BCUT2D eigenvalue weighted by atomic mass is 9.95. The van der Waals surface area contributed by atoms with Gasteiger partial charge in [-0.3, -0.25) is 14.4 Å². The molecule has 2 amide bonds. The highest BCUT2D eigenvalue weighted by atomic mass is 16.3. The van der Waals surface area contributed by atoms with Gasteiger partial charge in [0.2, 0.25) is 5.91 Å². The molecule has 32 heavy (non-hydrogen) atoms. The third-order valence-corrected chi connectivity index (χ3v) is 6.71. The Labute approximate surface area is 188 Å². The Hall–Kier alpha value is -2.93. The smallest absolute Gasteiger partial charge is 0.263 e. The third kappa shape index (κ3) is 4.48. The number of nitrogens with zero attached hydrogens (tertiary/aromatic N) is 3. The summed E-state index contributed by atoms with van der Waals surface area (Å²) in [7, 11) is 0. The predicted molar refractivity (Wildman–Crippen MR) is 121 cm³/mol. The average Bonchev–Trinajstić information content (AvgIpc) is 3.26. The zero-order chi connectivity index (χ0) is 22.7. The molecule has 7 heteroatoms. The van der Waals surface area contributed by atoms with Gasteiger partial charge in [-0.1, -0.05) is 30.3 Å². The molecule has 0 saturated carbocycles. The standard InChI is InChI=1S/C25H31N3O4/c1-18(30)26-14-10-22-20(16-26)17-27(13-9-19-6-3-2-4-7-19)24(31)23(22)25(32)28-12-5-8-21(28)11-15-29/h2-4,6-7,17,21,29H,5,8-16H2,1H3. The number of hydrogen-bond donors (Lipinski definition) is 1. The van der Waals surface area contributed by atoms with Crippen LogP contribution < -0.4 is 5.56 Å². The molecule has 1 aromatic carbocycles. The number of aryl methyl sites for hydroxylation is 2. The molecule has 0 aliphatic carbocycles. The van der Waals surface area contributed by atoms with Crippen molar-refractivity contribution in [3.63, 3.8) is 0 Å². The van der Waals surface area contributed by atoms with Crippen LogP contribution in [0, 0.1) is 0 Å². The zero-order valence-corrected chi connectivity index (χ0v) is 18.6. The fourth-order valence-electron chi connectivity index (χ4n) is 4.96. The number of hydrogen-bond acceptors (Lipinski definition) is 4. The van der Waals surface area contributed by atoms with Crippen LogP contribution in [-0.4, -0.2) is 57.0 Å². The number of pyridine rings is 1. The molecule has 2 aliphatic rings. The van der Waals surface area contributed by atoms with E-state index in [1.54, 1.807) is 21.3 Å². The van der Waals surface area contributed by atoms with Gasteiger partial charge in [-0.15, -0.1) is 0 Å². The first-order valence-electron chi connectivity index (χ1n) is 11.5. The minimum absolute atomic E-state index is 0.00638. The fourth-order valence-corrected chi connectivity index (χ4v) is 4.96. The summed E-state index contributed by atoms with van der Waals surface area (Å²) in [5, 5.41) is 9.41. The van der Waals surface area contributed by atoms with E-state index in [4.69, 9.17) is 0 Å². The van der Waals surface area contributed by atoms with E-state index in [1.807, 2.05) is 36.5 Å². The number of fused-ring (bicyclic) bond motifs is 1. The molecule has 0 bridgehead atoms. The second kappa shape index (κ2) is 9.69. The Morgan fingerprint density at radius 1 is 1.16 bits per heavy atom. The molecular formula is C25H31N3O4. The van der Waals surface area contributed by atoms with Crippen molar-refractivity contribution in [1.82, 2.24) is 14.4 Å². The van der Waals surface area contributed by atoms with Crippen molar-refractivity contribution in [1.29, 1.82) is 0 Å². The highest BCUT2D eigenvalue weighted by Crippen LogP contribution is 2.26. The maximum absolute atomic E-state index is 13.6. The van der Waals surface area contributed by atoms with Crippen LogP contribution in [0.15, 0.2) is 41.3 Å². The molecule has 4 rings (SSSR count). The van der Waals surface area contributed by atoms with E-state index in [1.165, 1.54) is 0 Å². The van der Waals surface area contributed by atoms with Crippen molar-refractivity contribution >= 4 is 11.8 Å². The van der Waals surface area contributed by atoms with E-state index < -0.39 is 0 Å². The van der Waals surface area contributed by atoms with Gasteiger partial charge in [0, 0.05) is 51.9 Å². The van der Waals surface area contributed by atoms with Gasteiger partial charge < -0.3 is 19.5 Å². The van der Waals surface area contributed by atoms with E-state index in [9.17, 15) is 19.5 Å². The van der Waals surface area contributed by atoms with Gasteiger partial charge in [-0.05, 0) is 48.8 Å². The predicted octanol–water partition coefficient (Wildman–Crippen LogP) is 1.98. The van der Waals surface area contributed by atoms with Crippen LogP contribution in [0.25, 0.3) is 0 Å². The van der Waals surface area contributed by atoms with E-state index in [0.717, 1.165) is 29.5 Å². The van der Waals surface area contributed by atoms with Crippen molar-refractivity contribution in [3.05, 3.63) is 69.1 Å². The first-order valence-corrected chi connectivity index (χ1v) is 11.5. The van der Waals surface area contributed by atoms with Crippen molar-refractivity contribution in [2.45, 2.75) is 58.2 Å². The Bertz CT molecular complexity index is 1050. The molecular weight excluding hydrogens is 406 g/mol. The lowest BCUT2D eigenvalue weighted by Gasteiger charge is -2.31. The minimum Gasteiger partial charge on any atom is -0.396 e. The summed E-state index contributed by atoms with van der Waals surface area (Å²) in [6, 6.07) is 9.92. The molecule has 170 valence electrons. The molecule has 1 aromatic heterocycles. The second-order valence-electron chi connectivity index (χ2n) is 8.74. The number of aliphatic hydroxyl groups excluding tert-OH is 1. The first kappa shape index (κ1) is 22.3. The summed E-state index contributed by atoms with van der Waals surface area (Å²) >= 11 is 0. The third-order valence-electron chi connectivity index (χ3n) is 6.71. The Morgan fingerprint density at radius 3 is 2.66 bits per heavy atom. The number of benzene rings is 1. The number of aliphatic hydroxyl groups is 1. The highest BCUT2D eigenvalue weighted by Gasteiger charge is 2.34. The van der Waals surface area contributed by atoms with E-state index in [2.05, 4.69) is 0 Å². The molecule has 2 aliphatic heterocycles. The highest BCUT2D eigenvalue weighted by molar-refractivity contribution is 5.96. The molecule has 1 fully saturated rings. The lowest BCUT2D eigenvalue weighted by molar-refractivity contribution is -0.129. The van der Waals surface area contributed by atoms with Crippen LogP contribution in [0.1, 0.15) is 53.2 Å². The van der Waals surface area contributed by atoms with Crippen LogP contribution in [0.3, 0.4) is 0 Å². The monoisotopic (exact) mass is 437 g/mol. The molecule has 1 saturated heterocycles. The van der Waals surface area contributed by atoms with Crippen molar-refractivity contribution in [2.75, 3.05) is 19.7 Å². The molecule has 7 nitrogen and oxygen atoms in total. The topological polar surface area (TPSA) is 82.9 Å². The lowest BCUT2D eigenvalue weighted by Crippen LogP contribution is -2.43. The molecule has 2 aromatic rings. The number of amides is 2. The van der Waals surface area contributed by atoms with Gasteiger partial charge in [-0.25, -0.2) is 0 Å². The van der Waals surface area contributed by atoms with Crippen LogP contribution in [0.2, 0.25) is 0 Å². The van der Waals surface area contributed by atoms with E-state index in [0.29, 0.717) is 45.4 Å². The maximum atomic E-state index is 13.6. The Kier molecular flexibility index (Phi) is 6.74. The van der Waals surface area contributed by atoms with Gasteiger partial charge in [-0.2, -0.15) is 0 Å². The van der Waals surface area contributed by atoms with Crippen molar-refractivity contribution in [2.24, 2.45) is 0 Å². The zero-order valence-electron chi connectivity index (χ0n) is 18.6. The van der Waals surface area contributed by atoms with Gasteiger partial charge in [0.05, 0.1) is 0 Å². The van der Waals surface area contributed by atoms with Crippen LogP contribution in [0.5, 0.6) is 0 Å². The summed E-state index contributed by atoms with van der Waals surface area (Å²) < 4.78 is 1.64. The molecule has 0 spiro atoms. The summed E-state index contributed by atoms with van der Waals surface area (Å²) in [5.41, 5.74) is 2.78. The summed E-state index contributed by atoms with van der Waals surface area (Å²) in [6.45, 7) is 3.57.